The van der Waals surface area contributed by atoms with Crippen molar-refractivity contribution in [1.82, 2.24) is 4.90 Å². The Morgan fingerprint density at radius 1 is 0.976 bits per heavy atom. The zero-order valence-electron chi connectivity index (χ0n) is 23.4. The number of ether oxygens (including phenoxy) is 1. The summed E-state index contributed by atoms with van der Waals surface area (Å²) in [6, 6.07) is 7.27. The van der Waals surface area contributed by atoms with Gasteiger partial charge >= 0.3 is 18.4 Å². The average Bonchev–Trinajstić information content (AvgIpc) is 3.39. The molecule has 1 fully saturated rings. The number of halogens is 6. The minimum Gasteiger partial charge on any atom is -0.379 e. The third-order valence-electron chi connectivity index (χ3n) is 5.98. The predicted octanol–water partition coefficient (Wildman–Crippen LogP) is 6.40. The molecule has 2 aromatic carbocycles. The van der Waals surface area contributed by atoms with Crippen LogP contribution in [-0.4, -0.2) is 69.0 Å². The molecule has 1 aliphatic heterocycles. The van der Waals surface area contributed by atoms with Crippen molar-refractivity contribution in [1.29, 1.82) is 0 Å². The van der Waals surface area contributed by atoms with Gasteiger partial charge in [-0.3, -0.25) is 14.4 Å². The van der Waals surface area contributed by atoms with Crippen LogP contribution in [0, 0.1) is 5.92 Å². The fourth-order valence-corrected chi connectivity index (χ4v) is 4.15. The SMILES string of the molecule is CC(C)COCC(CN(C(=O)Nc1cccc(C(F)(F)F)c1)c1cccc(C(F)(F)F)c1)N1CCCC1.CS(=O)(=O)O. The van der Waals surface area contributed by atoms with Crippen LogP contribution in [0.4, 0.5) is 42.5 Å². The van der Waals surface area contributed by atoms with E-state index in [1.54, 1.807) is 0 Å². The Morgan fingerprint density at radius 3 is 2.02 bits per heavy atom. The van der Waals surface area contributed by atoms with Gasteiger partial charge in [0.2, 0.25) is 0 Å². The van der Waals surface area contributed by atoms with Crippen LogP contribution in [-0.2, 0) is 27.2 Å². The summed E-state index contributed by atoms with van der Waals surface area (Å²) in [5, 5.41) is 2.43. The number of nitrogens with one attached hydrogen (secondary N) is 1. The fourth-order valence-electron chi connectivity index (χ4n) is 4.15. The highest BCUT2D eigenvalue weighted by Crippen LogP contribution is 2.33. The second kappa shape index (κ2) is 15.0. The molecule has 0 bridgehead atoms. The average molecular weight is 628 g/mol. The van der Waals surface area contributed by atoms with Crippen LogP contribution in [0.1, 0.15) is 37.8 Å². The minimum atomic E-state index is -4.63. The van der Waals surface area contributed by atoms with Crippen LogP contribution in [0.3, 0.4) is 0 Å². The molecule has 15 heteroatoms. The predicted molar refractivity (Wildman–Crippen MR) is 147 cm³/mol. The third kappa shape index (κ3) is 12.5. The van der Waals surface area contributed by atoms with Crippen molar-refractivity contribution in [2.75, 3.05) is 49.3 Å². The van der Waals surface area contributed by atoms with Crippen LogP contribution in [0.5, 0.6) is 0 Å². The van der Waals surface area contributed by atoms with E-state index in [1.165, 1.54) is 18.2 Å². The number of nitrogens with zero attached hydrogens (tertiary/aromatic N) is 2. The van der Waals surface area contributed by atoms with E-state index >= 15 is 0 Å². The molecule has 3 rings (SSSR count). The van der Waals surface area contributed by atoms with Gasteiger partial charge in [0.05, 0.1) is 30.0 Å². The summed E-state index contributed by atoms with van der Waals surface area (Å²) in [5.74, 6) is 0.267. The number of hydrogen-bond donors (Lipinski definition) is 2. The van der Waals surface area contributed by atoms with Crippen molar-refractivity contribution < 1.29 is 48.8 Å². The smallest absolute Gasteiger partial charge is 0.379 e. The van der Waals surface area contributed by atoms with Crippen LogP contribution in [0.25, 0.3) is 0 Å². The Bertz CT molecular complexity index is 1260. The van der Waals surface area contributed by atoms with Crippen molar-refractivity contribution in [2.45, 2.75) is 45.1 Å². The Kier molecular flexibility index (Phi) is 12.6. The lowest BCUT2D eigenvalue weighted by atomic mass is 10.1. The number of amides is 2. The molecule has 1 saturated heterocycles. The molecule has 236 valence electrons. The molecule has 0 radical (unpaired) electrons. The normalized spacial score (nSPS) is 15.2. The molecular weight excluding hydrogens is 592 g/mol. The number of likely N-dealkylation sites (tertiary alicyclic amines) is 1. The standard InChI is InChI=1S/C26H31F6N3O2.CH4O3S/c1-18(2)16-37-17-23(34-11-3-4-12-34)15-35(22-10-6-8-20(14-22)26(30,31)32)24(36)33-21-9-5-7-19(13-21)25(27,28)29;1-5(2,3)4/h5-10,13-14,18,23H,3-4,11-12,15-17H2,1-2H3,(H,33,36);1H3,(H,2,3,4). The highest BCUT2D eigenvalue weighted by Gasteiger charge is 2.33. The Labute approximate surface area is 241 Å². The number of rotatable bonds is 9. The molecule has 2 aromatic rings. The number of benzene rings is 2. The number of alkyl halides is 6. The van der Waals surface area contributed by atoms with Crippen LogP contribution in [0.15, 0.2) is 48.5 Å². The first-order valence-electron chi connectivity index (χ1n) is 13.0. The number of urea groups is 1. The first kappa shape index (κ1) is 35.3. The second-order valence-electron chi connectivity index (χ2n) is 10.2. The van der Waals surface area contributed by atoms with E-state index in [4.69, 9.17) is 9.29 Å². The van der Waals surface area contributed by atoms with Gasteiger partial charge in [0.15, 0.2) is 0 Å². The van der Waals surface area contributed by atoms with Gasteiger partial charge in [-0.25, -0.2) is 4.79 Å². The summed E-state index contributed by atoms with van der Waals surface area (Å²) in [6.45, 7) is 6.20. The Hall–Kier alpha value is -2.88. The summed E-state index contributed by atoms with van der Waals surface area (Å²) >= 11 is 0. The van der Waals surface area contributed by atoms with Gasteiger partial charge in [0.1, 0.15) is 0 Å². The Balaban J connectivity index is 0.00000113. The van der Waals surface area contributed by atoms with Gasteiger partial charge in [0, 0.05) is 24.5 Å². The van der Waals surface area contributed by atoms with Crippen LogP contribution < -0.4 is 10.2 Å². The number of carbonyl (C=O) groups is 1. The summed E-state index contributed by atoms with van der Waals surface area (Å²) < 4.78 is 111. The third-order valence-corrected chi connectivity index (χ3v) is 5.98. The lowest BCUT2D eigenvalue weighted by molar-refractivity contribution is -0.138. The molecule has 1 heterocycles. The van der Waals surface area contributed by atoms with E-state index in [0.717, 1.165) is 61.2 Å². The zero-order valence-corrected chi connectivity index (χ0v) is 24.2. The highest BCUT2D eigenvalue weighted by molar-refractivity contribution is 7.85. The molecule has 0 aliphatic carbocycles. The first-order valence-corrected chi connectivity index (χ1v) is 14.9. The van der Waals surface area contributed by atoms with Gasteiger partial charge in [-0.1, -0.05) is 26.0 Å². The lowest BCUT2D eigenvalue weighted by Crippen LogP contribution is -2.49. The maximum atomic E-state index is 13.4. The van der Waals surface area contributed by atoms with Gasteiger partial charge in [-0.15, -0.1) is 0 Å². The maximum Gasteiger partial charge on any atom is 0.416 e. The molecule has 2 N–H and O–H groups in total. The van der Waals surface area contributed by atoms with Crippen molar-refractivity contribution in [3.05, 3.63) is 59.7 Å². The van der Waals surface area contributed by atoms with E-state index in [1.807, 2.05) is 13.8 Å². The molecule has 0 aromatic heterocycles. The number of anilines is 2. The minimum absolute atomic E-state index is 0.00972. The summed E-state index contributed by atoms with van der Waals surface area (Å²) in [5.41, 5.74) is -2.03. The first-order chi connectivity index (χ1) is 19.3. The summed E-state index contributed by atoms with van der Waals surface area (Å²) in [6.07, 6.45) is -6.64. The van der Waals surface area contributed by atoms with Crippen LogP contribution >= 0.6 is 0 Å². The largest absolute Gasteiger partial charge is 0.416 e. The molecular formula is C27H35F6N3O5S. The summed E-state index contributed by atoms with van der Waals surface area (Å²) in [7, 11) is -3.67. The van der Waals surface area contributed by atoms with E-state index < -0.39 is 39.6 Å². The monoisotopic (exact) mass is 627 g/mol. The molecule has 2 amide bonds. The summed E-state index contributed by atoms with van der Waals surface area (Å²) in [4.78, 5) is 16.6. The van der Waals surface area contributed by atoms with Gasteiger partial charge in [0.25, 0.3) is 10.1 Å². The van der Waals surface area contributed by atoms with Gasteiger partial charge < -0.3 is 10.1 Å². The van der Waals surface area contributed by atoms with Crippen molar-refractivity contribution in [3.63, 3.8) is 0 Å². The molecule has 42 heavy (non-hydrogen) atoms. The topological polar surface area (TPSA) is 99.2 Å². The van der Waals surface area contributed by atoms with Crippen LogP contribution in [0.2, 0.25) is 0 Å². The molecule has 8 nitrogen and oxygen atoms in total. The van der Waals surface area contributed by atoms with E-state index in [0.29, 0.717) is 12.9 Å². The maximum absolute atomic E-state index is 13.4. The molecule has 1 unspecified atom stereocenters. The molecule has 0 spiro atoms. The van der Waals surface area contributed by atoms with Crippen molar-refractivity contribution in [2.24, 2.45) is 5.92 Å². The van der Waals surface area contributed by atoms with Gasteiger partial charge in [-0.05, 0) is 68.2 Å². The molecule has 1 atom stereocenters. The van der Waals surface area contributed by atoms with Gasteiger partial charge in [-0.2, -0.15) is 34.8 Å². The number of hydrogen-bond acceptors (Lipinski definition) is 5. The highest BCUT2D eigenvalue weighted by atomic mass is 32.2. The van der Waals surface area contributed by atoms with E-state index in [9.17, 15) is 39.6 Å². The zero-order chi connectivity index (χ0) is 31.7. The lowest BCUT2D eigenvalue weighted by Gasteiger charge is -2.33. The van der Waals surface area contributed by atoms with E-state index in [2.05, 4.69) is 10.2 Å². The Morgan fingerprint density at radius 2 is 1.50 bits per heavy atom. The van der Waals surface area contributed by atoms with E-state index in [-0.39, 0.29) is 36.5 Å². The number of carbonyl (C=O) groups excluding carboxylic acids is 1. The molecule has 0 saturated carbocycles. The molecule has 1 aliphatic rings. The quantitative estimate of drug-likeness (QED) is 0.247. The van der Waals surface area contributed by atoms with Crippen molar-refractivity contribution >= 4 is 27.5 Å². The van der Waals surface area contributed by atoms with Crippen molar-refractivity contribution in [3.8, 4) is 0 Å². The fraction of sp³-hybridized carbons (Fsp3) is 0.519. The second-order valence-corrected chi connectivity index (χ2v) is 11.7.